The smallest absolute Gasteiger partial charge is 0.309 e. The number of carbonyl (C=O) groups is 2. The predicted octanol–water partition coefficient (Wildman–Crippen LogP) is 2.23. The molecule has 0 aromatic rings. The molecule has 1 aliphatic rings. The van der Waals surface area contributed by atoms with Crippen LogP contribution < -0.4 is 0 Å². The summed E-state index contributed by atoms with van der Waals surface area (Å²) in [5.41, 5.74) is 1.06. The van der Waals surface area contributed by atoms with Gasteiger partial charge >= 0.3 is 11.9 Å². The molecule has 1 saturated carbocycles. The van der Waals surface area contributed by atoms with Gasteiger partial charge in [-0.05, 0) is 12.0 Å². The number of rotatable bonds is 3. The Morgan fingerprint density at radius 1 is 1.17 bits per heavy atom. The SMILES string of the molecule is C=C1C[C@H](C(=O)OC)[C@@H](C(=O)OC)[C@@H]1[Si](C)(C)C. The van der Waals surface area contributed by atoms with Gasteiger partial charge in [-0.15, -0.1) is 0 Å². The van der Waals surface area contributed by atoms with Crippen LogP contribution in [0.4, 0.5) is 0 Å². The summed E-state index contributed by atoms with van der Waals surface area (Å²) in [7, 11) is 1.07. The van der Waals surface area contributed by atoms with E-state index in [1.54, 1.807) is 0 Å². The summed E-state index contributed by atoms with van der Waals surface area (Å²) in [5, 5.41) is 0. The van der Waals surface area contributed by atoms with Crippen molar-refractivity contribution in [2.45, 2.75) is 31.6 Å². The van der Waals surface area contributed by atoms with Gasteiger partial charge in [-0.25, -0.2) is 0 Å². The average Bonchev–Trinajstić information content (AvgIpc) is 2.64. The lowest BCUT2D eigenvalue weighted by Crippen LogP contribution is -2.38. The fourth-order valence-corrected chi connectivity index (χ4v) is 5.78. The lowest BCUT2D eigenvalue weighted by molar-refractivity contribution is -0.156. The highest BCUT2D eigenvalue weighted by Crippen LogP contribution is 2.50. The number of methoxy groups -OCH3 is 2. The van der Waals surface area contributed by atoms with E-state index >= 15 is 0 Å². The van der Waals surface area contributed by atoms with E-state index in [0.717, 1.165) is 5.57 Å². The van der Waals surface area contributed by atoms with Crippen molar-refractivity contribution in [2.24, 2.45) is 11.8 Å². The average molecular weight is 270 g/mol. The molecule has 0 aliphatic heterocycles. The van der Waals surface area contributed by atoms with Gasteiger partial charge in [-0.3, -0.25) is 9.59 Å². The summed E-state index contributed by atoms with van der Waals surface area (Å²) >= 11 is 0. The lowest BCUT2D eigenvalue weighted by atomic mass is 9.96. The molecular weight excluding hydrogens is 248 g/mol. The largest absolute Gasteiger partial charge is 0.469 e. The highest BCUT2D eigenvalue weighted by molar-refractivity contribution is 6.78. The van der Waals surface area contributed by atoms with Crippen LogP contribution >= 0.6 is 0 Å². The number of carbonyl (C=O) groups excluding carboxylic acids is 2. The van der Waals surface area contributed by atoms with Gasteiger partial charge in [-0.1, -0.05) is 31.8 Å². The molecule has 18 heavy (non-hydrogen) atoms. The van der Waals surface area contributed by atoms with E-state index < -0.39 is 19.9 Å². The summed E-state index contributed by atoms with van der Waals surface area (Å²) in [5.74, 6) is -1.53. The van der Waals surface area contributed by atoms with Crippen molar-refractivity contribution in [3.8, 4) is 0 Å². The highest BCUT2D eigenvalue weighted by Gasteiger charge is 2.52. The fraction of sp³-hybridized carbons (Fsp3) is 0.692. The minimum Gasteiger partial charge on any atom is -0.469 e. The van der Waals surface area contributed by atoms with Gasteiger partial charge in [0.1, 0.15) is 0 Å². The lowest BCUT2D eigenvalue weighted by Gasteiger charge is -2.31. The molecule has 1 aliphatic carbocycles. The van der Waals surface area contributed by atoms with Crippen molar-refractivity contribution < 1.29 is 19.1 Å². The first kappa shape index (κ1) is 15.0. The quantitative estimate of drug-likeness (QED) is 0.448. The highest BCUT2D eigenvalue weighted by atomic mass is 28.3. The van der Waals surface area contributed by atoms with Crippen LogP contribution in [-0.2, 0) is 19.1 Å². The summed E-state index contributed by atoms with van der Waals surface area (Å²) in [6, 6.07) is 0. The Morgan fingerprint density at radius 3 is 2.06 bits per heavy atom. The maximum Gasteiger partial charge on any atom is 0.309 e. The molecule has 1 fully saturated rings. The van der Waals surface area contributed by atoms with Gasteiger partial charge in [0.2, 0.25) is 0 Å². The van der Waals surface area contributed by atoms with E-state index in [9.17, 15) is 9.59 Å². The predicted molar refractivity (Wildman–Crippen MR) is 71.9 cm³/mol. The molecule has 102 valence electrons. The third-order valence-electron chi connectivity index (χ3n) is 3.62. The summed E-state index contributed by atoms with van der Waals surface area (Å²) < 4.78 is 9.66. The van der Waals surface area contributed by atoms with E-state index in [4.69, 9.17) is 9.47 Å². The number of allylic oxidation sites excluding steroid dienone is 1. The van der Waals surface area contributed by atoms with Crippen molar-refractivity contribution in [3.63, 3.8) is 0 Å². The summed E-state index contributed by atoms with van der Waals surface area (Å²) in [6.45, 7) is 10.6. The van der Waals surface area contributed by atoms with Crippen molar-refractivity contribution in [3.05, 3.63) is 12.2 Å². The number of esters is 2. The second kappa shape index (κ2) is 5.26. The molecular formula is C13H22O4Si. The Morgan fingerprint density at radius 2 is 1.67 bits per heavy atom. The second-order valence-corrected chi connectivity index (χ2v) is 11.2. The molecule has 1 rings (SSSR count). The molecule has 0 saturated heterocycles. The summed E-state index contributed by atoms with van der Waals surface area (Å²) in [4.78, 5) is 23.8. The van der Waals surface area contributed by atoms with Gasteiger partial charge < -0.3 is 9.47 Å². The van der Waals surface area contributed by atoms with E-state index in [-0.39, 0.29) is 17.5 Å². The minimum absolute atomic E-state index is 0.0778. The Balaban J connectivity index is 3.15. The molecule has 5 heteroatoms. The molecule has 0 aromatic heterocycles. The molecule has 0 aromatic carbocycles. The molecule has 0 bridgehead atoms. The van der Waals surface area contributed by atoms with Crippen LogP contribution in [0.2, 0.25) is 25.2 Å². The van der Waals surface area contributed by atoms with E-state index in [1.807, 2.05) is 0 Å². The first-order chi connectivity index (χ1) is 8.23. The van der Waals surface area contributed by atoms with E-state index in [2.05, 4.69) is 26.2 Å². The molecule has 0 N–H and O–H groups in total. The Bertz CT molecular complexity index is 370. The Hall–Kier alpha value is -1.10. The van der Waals surface area contributed by atoms with Crippen molar-refractivity contribution in [1.82, 2.24) is 0 Å². The van der Waals surface area contributed by atoms with Crippen LogP contribution in [-0.4, -0.2) is 34.2 Å². The molecule has 0 heterocycles. The Labute approximate surface area is 109 Å². The fourth-order valence-electron chi connectivity index (χ4n) is 2.99. The molecule has 0 radical (unpaired) electrons. The van der Waals surface area contributed by atoms with E-state index in [0.29, 0.717) is 6.42 Å². The van der Waals surface area contributed by atoms with Crippen LogP contribution in [0.1, 0.15) is 6.42 Å². The van der Waals surface area contributed by atoms with Gasteiger partial charge in [0.25, 0.3) is 0 Å². The van der Waals surface area contributed by atoms with Gasteiger partial charge in [-0.2, -0.15) is 0 Å². The van der Waals surface area contributed by atoms with E-state index in [1.165, 1.54) is 14.2 Å². The van der Waals surface area contributed by atoms with Crippen LogP contribution in [0.5, 0.6) is 0 Å². The topological polar surface area (TPSA) is 52.6 Å². The third-order valence-corrected chi connectivity index (χ3v) is 6.26. The van der Waals surface area contributed by atoms with Gasteiger partial charge in [0.05, 0.1) is 34.1 Å². The van der Waals surface area contributed by atoms with Crippen LogP contribution in [0, 0.1) is 11.8 Å². The van der Waals surface area contributed by atoms with Gasteiger partial charge in [0.15, 0.2) is 0 Å². The molecule has 3 atom stereocenters. The third kappa shape index (κ3) is 2.66. The van der Waals surface area contributed by atoms with Crippen LogP contribution in [0.25, 0.3) is 0 Å². The second-order valence-electron chi connectivity index (χ2n) is 5.88. The molecule has 4 nitrogen and oxygen atoms in total. The normalized spacial score (nSPS) is 28.1. The molecule has 0 amide bonds. The first-order valence-electron chi connectivity index (χ1n) is 6.07. The number of hydrogen-bond donors (Lipinski definition) is 0. The minimum atomic E-state index is -1.64. The number of hydrogen-bond acceptors (Lipinski definition) is 4. The molecule has 0 unspecified atom stereocenters. The zero-order valence-corrected chi connectivity index (χ0v) is 12.8. The van der Waals surface area contributed by atoms with Crippen molar-refractivity contribution in [1.29, 1.82) is 0 Å². The van der Waals surface area contributed by atoms with Crippen LogP contribution in [0.15, 0.2) is 12.2 Å². The maximum absolute atomic E-state index is 12.0. The van der Waals surface area contributed by atoms with Crippen molar-refractivity contribution >= 4 is 20.0 Å². The standard InChI is InChI=1S/C13H22O4Si/c1-8-7-9(12(14)16-2)10(13(15)17-3)11(8)18(4,5)6/h9-11H,1,7H2,2-6H3/t9-,10+,11+/m0/s1. The van der Waals surface area contributed by atoms with Crippen molar-refractivity contribution in [2.75, 3.05) is 14.2 Å². The van der Waals surface area contributed by atoms with Crippen LogP contribution in [0.3, 0.4) is 0 Å². The summed E-state index contributed by atoms with van der Waals surface area (Å²) in [6.07, 6.45) is 0.529. The zero-order chi connectivity index (χ0) is 14.1. The zero-order valence-electron chi connectivity index (χ0n) is 11.8. The van der Waals surface area contributed by atoms with Gasteiger partial charge in [0, 0.05) is 0 Å². The monoisotopic (exact) mass is 270 g/mol. The number of ether oxygens (including phenoxy) is 2. The first-order valence-corrected chi connectivity index (χ1v) is 9.65. The maximum atomic E-state index is 12.0. The molecule has 0 spiro atoms. The Kier molecular flexibility index (Phi) is 4.37.